The Morgan fingerprint density at radius 3 is 2.62 bits per heavy atom. The van der Waals surface area contributed by atoms with Crippen molar-refractivity contribution in [2.24, 2.45) is 23.7 Å². The van der Waals surface area contributed by atoms with Gasteiger partial charge in [0.15, 0.2) is 0 Å². The topological polar surface area (TPSA) is 87.3 Å². The van der Waals surface area contributed by atoms with Crippen LogP contribution in [-0.2, 0) is 9.59 Å². The molecular weight excluding hydrogens is 404 g/mol. The highest BCUT2D eigenvalue weighted by molar-refractivity contribution is 6.30. The zero-order valence-corrected chi connectivity index (χ0v) is 16.4. The Kier molecular flexibility index (Phi) is 5.46. The summed E-state index contributed by atoms with van der Waals surface area (Å²) in [6, 6.07) is 0.760. The summed E-state index contributed by atoms with van der Waals surface area (Å²) in [6.07, 6.45) is 2.96. The summed E-state index contributed by atoms with van der Waals surface area (Å²) in [4.78, 5) is 36.1. The van der Waals surface area contributed by atoms with Gasteiger partial charge in [-0.1, -0.05) is 11.6 Å². The zero-order valence-electron chi connectivity index (χ0n) is 15.6. The van der Waals surface area contributed by atoms with Crippen molar-refractivity contribution in [3.8, 4) is 0 Å². The Balaban J connectivity index is 1.57. The second kappa shape index (κ2) is 7.89. The molecule has 0 radical (unpaired) electrons. The Morgan fingerprint density at radius 1 is 1.17 bits per heavy atom. The van der Waals surface area contributed by atoms with Gasteiger partial charge in [0.25, 0.3) is 0 Å². The normalized spacial score (nSPS) is 29.8. The van der Waals surface area contributed by atoms with Crippen LogP contribution >= 0.6 is 11.6 Å². The average Bonchev–Trinajstić information content (AvgIpc) is 3.27. The molecule has 2 saturated carbocycles. The van der Waals surface area contributed by atoms with Gasteiger partial charge in [0.1, 0.15) is 11.6 Å². The highest BCUT2D eigenvalue weighted by atomic mass is 35.5. The van der Waals surface area contributed by atoms with Crippen molar-refractivity contribution in [3.63, 3.8) is 0 Å². The summed E-state index contributed by atoms with van der Waals surface area (Å²) >= 11 is 5.88. The maximum atomic E-state index is 14.8. The quantitative estimate of drug-likeness (QED) is 0.648. The van der Waals surface area contributed by atoms with E-state index in [1.165, 1.54) is 0 Å². The van der Waals surface area contributed by atoms with Gasteiger partial charge in [0.05, 0.1) is 17.0 Å². The molecule has 3 N–H and O–H groups in total. The highest BCUT2D eigenvalue weighted by Crippen LogP contribution is 2.57. The Bertz CT molecular complexity index is 838. The lowest BCUT2D eigenvalue weighted by Crippen LogP contribution is -2.48. The monoisotopic (exact) mass is 425 g/mol. The number of fused-ring (bicyclic) bond motifs is 1. The second-order valence-electron chi connectivity index (χ2n) is 8.22. The number of nitrogens with one attached hydrogen (secondary N) is 3. The minimum Gasteiger partial charge on any atom is -0.348 e. The first-order valence-electron chi connectivity index (χ1n) is 9.85. The van der Waals surface area contributed by atoms with Gasteiger partial charge in [-0.2, -0.15) is 0 Å². The van der Waals surface area contributed by atoms with Crippen molar-refractivity contribution in [3.05, 3.63) is 34.4 Å². The van der Waals surface area contributed by atoms with E-state index in [9.17, 15) is 23.2 Å². The number of hydrogen-bond acceptors (Lipinski definition) is 3. The van der Waals surface area contributed by atoms with Crippen molar-refractivity contribution in [1.29, 1.82) is 0 Å². The van der Waals surface area contributed by atoms with E-state index >= 15 is 0 Å². The van der Waals surface area contributed by atoms with Crippen LogP contribution in [0.4, 0.5) is 13.6 Å². The van der Waals surface area contributed by atoms with E-state index in [0.29, 0.717) is 11.8 Å². The maximum absolute atomic E-state index is 14.8. The smallest absolute Gasteiger partial charge is 0.321 e. The molecule has 1 heterocycles. The first-order chi connectivity index (χ1) is 13.8. The number of benzene rings is 1. The van der Waals surface area contributed by atoms with Crippen LogP contribution < -0.4 is 16.0 Å². The molecule has 1 saturated heterocycles. The molecule has 0 bridgehead atoms. The third-order valence-corrected chi connectivity index (χ3v) is 6.58. The molecule has 2 aliphatic carbocycles. The molecule has 0 spiro atoms. The van der Waals surface area contributed by atoms with Gasteiger partial charge < -0.3 is 10.6 Å². The molecule has 4 rings (SSSR count). The second-order valence-corrected chi connectivity index (χ2v) is 8.63. The van der Waals surface area contributed by atoms with E-state index in [2.05, 4.69) is 16.0 Å². The van der Waals surface area contributed by atoms with E-state index < -0.39 is 41.4 Å². The number of amides is 4. The molecule has 29 heavy (non-hydrogen) atoms. The number of imide groups is 1. The molecular formula is C20H22ClF2N3O3. The van der Waals surface area contributed by atoms with Crippen molar-refractivity contribution < 1.29 is 23.2 Å². The lowest BCUT2D eigenvalue weighted by Gasteiger charge is -2.29. The predicted molar refractivity (Wildman–Crippen MR) is 101 cm³/mol. The molecule has 1 aliphatic heterocycles. The molecule has 3 aliphatic rings. The minimum absolute atomic E-state index is 0.0175. The van der Waals surface area contributed by atoms with Gasteiger partial charge in [-0.25, -0.2) is 13.6 Å². The van der Waals surface area contributed by atoms with E-state index in [-0.39, 0.29) is 35.9 Å². The van der Waals surface area contributed by atoms with Gasteiger partial charge in [-0.15, -0.1) is 0 Å². The fourth-order valence-corrected chi connectivity index (χ4v) is 4.80. The van der Waals surface area contributed by atoms with Crippen LogP contribution in [0.1, 0.15) is 43.7 Å². The average molecular weight is 426 g/mol. The third-order valence-electron chi connectivity index (χ3n) is 6.29. The molecule has 1 unspecified atom stereocenters. The van der Waals surface area contributed by atoms with Crippen molar-refractivity contribution in [2.75, 3.05) is 6.54 Å². The van der Waals surface area contributed by atoms with Crippen LogP contribution in [0.25, 0.3) is 0 Å². The fraction of sp³-hybridized carbons (Fsp3) is 0.550. The number of urea groups is 1. The van der Waals surface area contributed by atoms with Crippen molar-refractivity contribution in [1.82, 2.24) is 16.0 Å². The molecule has 5 atom stereocenters. The van der Waals surface area contributed by atoms with Crippen LogP contribution in [0.15, 0.2) is 12.1 Å². The van der Waals surface area contributed by atoms with Gasteiger partial charge in [0, 0.05) is 18.5 Å². The van der Waals surface area contributed by atoms with E-state index in [0.717, 1.165) is 31.4 Å². The molecule has 9 heteroatoms. The van der Waals surface area contributed by atoms with Gasteiger partial charge in [0.2, 0.25) is 11.8 Å². The molecule has 3 fully saturated rings. The summed E-state index contributed by atoms with van der Waals surface area (Å²) < 4.78 is 29.4. The van der Waals surface area contributed by atoms with E-state index in [4.69, 9.17) is 11.6 Å². The van der Waals surface area contributed by atoms with Crippen LogP contribution in [0.2, 0.25) is 5.02 Å². The first-order valence-corrected chi connectivity index (χ1v) is 10.2. The molecule has 1 aromatic rings. The molecule has 1 aromatic carbocycles. The van der Waals surface area contributed by atoms with Crippen LogP contribution in [0.5, 0.6) is 0 Å². The van der Waals surface area contributed by atoms with Gasteiger partial charge >= 0.3 is 6.03 Å². The number of halogens is 3. The maximum Gasteiger partial charge on any atom is 0.321 e. The summed E-state index contributed by atoms with van der Waals surface area (Å²) in [5.41, 5.74) is -0.218. The van der Waals surface area contributed by atoms with E-state index in [1.807, 2.05) is 0 Å². The SMILES string of the molecule is O=C1CC[C@H](C(=O)N[C@@H](c2c(F)ccc(Cl)c2F)C2C[C@@H]3C[C@@H]3C2)CNC(=O)N1. The van der Waals surface area contributed by atoms with Crippen LogP contribution in [0, 0.1) is 35.3 Å². The largest absolute Gasteiger partial charge is 0.348 e. The lowest BCUT2D eigenvalue weighted by molar-refractivity contribution is -0.127. The Labute approximate surface area is 171 Å². The molecule has 0 aromatic heterocycles. The molecule has 4 amide bonds. The fourth-order valence-electron chi connectivity index (χ4n) is 4.64. The predicted octanol–water partition coefficient (Wildman–Crippen LogP) is 3.06. The van der Waals surface area contributed by atoms with Crippen molar-refractivity contribution >= 4 is 29.4 Å². The zero-order chi connectivity index (χ0) is 20.7. The number of hydrogen-bond donors (Lipinski definition) is 3. The summed E-state index contributed by atoms with van der Waals surface area (Å²) in [5, 5.41) is 7.24. The van der Waals surface area contributed by atoms with Gasteiger partial charge in [-0.3, -0.25) is 14.9 Å². The summed E-state index contributed by atoms with van der Waals surface area (Å²) in [6.45, 7) is 0.0358. The van der Waals surface area contributed by atoms with Crippen LogP contribution in [-0.4, -0.2) is 24.4 Å². The van der Waals surface area contributed by atoms with E-state index in [1.54, 1.807) is 0 Å². The number of carbonyl (C=O) groups is 3. The number of rotatable bonds is 4. The summed E-state index contributed by atoms with van der Waals surface area (Å²) in [7, 11) is 0. The first kappa shape index (κ1) is 20.1. The standard InChI is InChI=1S/C20H22ClF2N3O3/c21-13-2-3-14(22)16(17(13)23)18(12-6-10-5-11(10)7-12)26-19(28)9-1-4-15(27)25-20(29)24-8-9/h2-3,9-12,18H,1,4-8H2,(H,26,28)(H2,24,25,27,29)/t9-,10-,11+,12?,18+/m0/s1. The van der Waals surface area contributed by atoms with Crippen LogP contribution in [0.3, 0.4) is 0 Å². The lowest BCUT2D eigenvalue weighted by atomic mass is 9.87. The molecule has 156 valence electrons. The van der Waals surface area contributed by atoms with Crippen molar-refractivity contribution in [2.45, 2.75) is 38.1 Å². The Morgan fingerprint density at radius 2 is 1.90 bits per heavy atom. The minimum atomic E-state index is -0.858. The number of carbonyl (C=O) groups excluding carboxylic acids is 3. The van der Waals surface area contributed by atoms with Gasteiger partial charge in [-0.05, 0) is 55.6 Å². The Hall–Kier alpha value is -2.22. The summed E-state index contributed by atoms with van der Waals surface area (Å²) in [5.74, 6) is -2.18. The third kappa shape index (κ3) is 4.22. The molecule has 6 nitrogen and oxygen atoms in total. The highest BCUT2D eigenvalue weighted by Gasteiger charge is 2.49.